The van der Waals surface area contributed by atoms with Gasteiger partial charge in [-0.3, -0.25) is 0 Å². The first-order chi connectivity index (χ1) is 8.38. The SMILES string of the molecule is NS(=O)(=O)c1cc(Br)c(OCCC2CC2)c(Br)c1. The van der Waals surface area contributed by atoms with Gasteiger partial charge in [0.25, 0.3) is 0 Å². The van der Waals surface area contributed by atoms with E-state index in [2.05, 4.69) is 31.9 Å². The van der Waals surface area contributed by atoms with Crippen molar-refractivity contribution in [3.63, 3.8) is 0 Å². The van der Waals surface area contributed by atoms with E-state index in [-0.39, 0.29) is 4.90 Å². The van der Waals surface area contributed by atoms with Crippen molar-refractivity contribution in [1.29, 1.82) is 0 Å². The fourth-order valence-electron chi connectivity index (χ4n) is 1.57. The number of hydrogen-bond acceptors (Lipinski definition) is 3. The third kappa shape index (κ3) is 3.69. The van der Waals surface area contributed by atoms with Crippen molar-refractivity contribution >= 4 is 41.9 Å². The molecule has 1 aliphatic carbocycles. The van der Waals surface area contributed by atoms with Gasteiger partial charge in [-0.1, -0.05) is 12.8 Å². The van der Waals surface area contributed by atoms with E-state index in [1.807, 2.05) is 0 Å². The second kappa shape index (κ2) is 5.48. The van der Waals surface area contributed by atoms with E-state index < -0.39 is 10.0 Å². The summed E-state index contributed by atoms with van der Waals surface area (Å²) in [4.78, 5) is 0.0517. The third-order valence-corrected chi connectivity index (χ3v) is 4.84. The zero-order valence-electron chi connectivity index (χ0n) is 9.53. The molecule has 1 aliphatic rings. The summed E-state index contributed by atoms with van der Waals surface area (Å²) >= 11 is 6.60. The topological polar surface area (TPSA) is 69.4 Å². The molecule has 0 aromatic heterocycles. The summed E-state index contributed by atoms with van der Waals surface area (Å²) in [5.74, 6) is 1.41. The summed E-state index contributed by atoms with van der Waals surface area (Å²) < 4.78 is 29.3. The predicted molar refractivity (Wildman–Crippen MR) is 76.1 cm³/mol. The Bertz CT molecular complexity index is 532. The molecule has 0 heterocycles. The molecule has 0 saturated heterocycles. The monoisotopic (exact) mass is 397 g/mol. The van der Waals surface area contributed by atoms with Crippen molar-refractivity contribution in [3.8, 4) is 5.75 Å². The van der Waals surface area contributed by atoms with Crippen molar-refractivity contribution in [3.05, 3.63) is 21.1 Å². The first-order valence-electron chi connectivity index (χ1n) is 5.52. The van der Waals surface area contributed by atoms with Crippen molar-refractivity contribution in [2.24, 2.45) is 11.1 Å². The molecule has 0 spiro atoms. The van der Waals surface area contributed by atoms with Crippen LogP contribution < -0.4 is 9.88 Å². The Labute approximate surface area is 123 Å². The van der Waals surface area contributed by atoms with E-state index in [4.69, 9.17) is 9.88 Å². The van der Waals surface area contributed by atoms with Gasteiger partial charge in [0.1, 0.15) is 5.75 Å². The number of hydrogen-bond donors (Lipinski definition) is 1. The van der Waals surface area contributed by atoms with Gasteiger partial charge in [0.05, 0.1) is 20.4 Å². The molecule has 1 aromatic carbocycles. The van der Waals surface area contributed by atoms with E-state index in [9.17, 15) is 8.42 Å². The number of sulfonamides is 1. The third-order valence-electron chi connectivity index (χ3n) is 2.77. The molecule has 0 bridgehead atoms. The van der Waals surface area contributed by atoms with E-state index in [1.54, 1.807) is 0 Å². The number of ether oxygens (including phenoxy) is 1. The van der Waals surface area contributed by atoms with Gasteiger partial charge in [0, 0.05) is 0 Å². The summed E-state index contributed by atoms with van der Waals surface area (Å²) in [6, 6.07) is 2.90. The molecule has 7 heteroatoms. The van der Waals surface area contributed by atoms with Crippen LogP contribution >= 0.6 is 31.9 Å². The summed E-state index contributed by atoms with van der Waals surface area (Å²) in [5, 5.41) is 5.08. The summed E-state index contributed by atoms with van der Waals surface area (Å²) in [6.07, 6.45) is 3.61. The summed E-state index contributed by atoms with van der Waals surface area (Å²) in [7, 11) is -3.70. The fourth-order valence-corrected chi connectivity index (χ4v) is 3.86. The molecule has 0 aliphatic heterocycles. The molecule has 100 valence electrons. The molecule has 1 saturated carbocycles. The average molecular weight is 399 g/mol. The Morgan fingerprint density at radius 2 is 1.83 bits per heavy atom. The van der Waals surface area contributed by atoms with E-state index >= 15 is 0 Å². The average Bonchev–Trinajstić information content (AvgIpc) is 3.04. The van der Waals surface area contributed by atoms with Gasteiger partial charge in [-0.15, -0.1) is 0 Å². The van der Waals surface area contributed by atoms with Gasteiger partial charge in [-0.25, -0.2) is 13.6 Å². The molecule has 0 amide bonds. The largest absolute Gasteiger partial charge is 0.491 e. The predicted octanol–water partition coefficient (Wildman–Crippen LogP) is 3.04. The minimum Gasteiger partial charge on any atom is -0.491 e. The summed E-state index contributed by atoms with van der Waals surface area (Å²) in [6.45, 7) is 0.636. The fraction of sp³-hybridized carbons (Fsp3) is 0.455. The highest BCUT2D eigenvalue weighted by atomic mass is 79.9. The molecular formula is C11H13Br2NO3S. The highest BCUT2D eigenvalue weighted by molar-refractivity contribution is 9.11. The zero-order valence-corrected chi connectivity index (χ0v) is 13.5. The smallest absolute Gasteiger partial charge is 0.238 e. The van der Waals surface area contributed by atoms with Gasteiger partial charge in [-0.2, -0.15) is 0 Å². The zero-order chi connectivity index (χ0) is 13.3. The standard InChI is InChI=1S/C11H13Br2NO3S/c12-9-5-8(18(14,15)16)6-10(13)11(9)17-4-3-7-1-2-7/h5-7H,1-4H2,(H2,14,15,16). The number of rotatable bonds is 5. The van der Waals surface area contributed by atoms with Crippen LogP contribution in [0, 0.1) is 5.92 Å². The number of primary sulfonamides is 1. The van der Waals surface area contributed by atoms with Crippen LogP contribution in [0.15, 0.2) is 26.0 Å². The van der Waals surface area contributed by atoms with Crippen LogP contribution in [0.2, 0.25) is 0 Å². The van der Waals surface area contributed by atoms with Crippen LogP contribution in [0.25, 0.3) is 0 Å². The second-order valence-electron chi connectivity index (χ2n) is 4.34. The molecule has 2 N–H and O–H groups in total. The Kier molecular flexibility index (Phi) is 4.36. The lowest BCUT2D eigenvalue weighted by Gasteiger charge is -2.11. The maximum Gasteiger partial charge on any atom is 0.238 e. The lowest BCUT2D eigenvalue weighted by Crippen LogP contribution is -2.12. The first kappa shape index (κ1) is 14.3. The van der Waals surface area contributed by atoms with Gasteiger partial charge in [-0.05, 0) is 56.3 Å². The minimum absolute atomic E-state index is 0.0517. The Balaban J connectivity index is 2.15. The molecule has 0 unspecified atom stereocenters. The molecule has 2 rings (SSSR count). The lowest BCUT2D eigenvalue weighted by atomic mass is 10.3. The molecular weight excluding hydrogens is 386 g/mol. The van der Waals surface area contributed by atoms with Crippen molar-refractivity contribution in [2.45, 2.75) is 24.2 Å². The van der Waals surface area contributed by atoms with Crippen LogP contribution in [-0.2, 0) is 10.0 Å². The Morgan fingerprint density at radius 3 is 2.28 bits per heavy atom. The number of benzene rings is 1. The Morgan fingerprint density at radius 1 is 1.28 bits per heavy atom. The number of nitrogens with two attached hydrogens (primary N) is 1. The van der Waals surface area contributed by atoms with Crippen LogP contribution in [0.1, 0.15) is 19.3 Å². The van der Waals surface area contributed by atoms with Crippen molar-refractivity contribution in [1.82, 2.24) is 0 Å². The first-order valence-corrected chi connectivity index (χ1v) is 8.66. The maximum absolute atomic E-state index is 11.3. The number of halogens is 2. The van der Waals surface area contributed by atoms with Gasteiger partial charge in [0.2, 0.25) is 10.0 Å². The molecule has 1 aromatic rings. The van der Waals surface area contributed by atoms with Crippen molar-refractivity contribution in [2.75, 3.05) is 6.61 Å². The highest BCUT2D eigenvalue weighted by Crippen LogP contribution is 2.37. The highest BCUT2D eigenvalue weighted by Gasteiger charge is 2.21. The molecule has 1 fully saturated rings. The quantitative estimate of drug-likeness (QED) is 0.828. The minimum atomic E-state index is -3.70. The van der Waals surface area contributed by atoms with Crippen LogP contribution in [0.4, 0.5) is 0 Å². The molecule has 18 heavy (non-hydrogen) atoms. The normalized spacial score (nSPS) is 15.7. The van der Waals surface area contributed by atoms with E-state index in [0.29, 0.717) is 21.3 Å². The van der Waals surface area contributed by atoms with Gasteiger partial charge in [0.15, 0.2) is 0 Å². The molecule has 0 radical (unpaired) electrons. The lowest BCUT2D eigenvalue weighted by molar-refractivity contribution is 0.298. The summed E-state index contributed by atoms with van der Waals surface area (Å²) in [5.41, 5.74) is 0. The van der Waals surface area contributed by atoms with Crippen molar-refractivity contribution < 1.29 is 13.2 Å². The van der Waals surface area contributed by atoms with Gasteiger partial charge < -0.3 is 4.74 Å². The van der Waals surface area contributed by atoms with Crippen LogP contribution in [-0.4, -0.2) is 15.0 Å². The van der Waals surface area contributed by atoms with E-state index in [0.717, 1.165) is 12.3 Å². The maximum atomic E-state index is 11.3. The molecule has 0 atom stereocenters. The van der Waals surface area contributed by atoms with E-state index in [1.165, 1.54) is 25.0 Å². The van der Waals surface area contributed by atoms with Gasteiger partial charge >= 0.3 is 0 Å². The Hall–Kier alpha value is -0.110. The molecule has 4 nitrogen and oxygen atoms in total. The van der Waals surface area contributed by atoms with Crippen LogP contribution in [0.3, 0.4) is 0 Å². The second-order valence-corrected chi connectivity index (χ2v) is 7.61. The van der Waals surface area contributed by atoms with Crippen LogP contribution in [0.5, 0.6) is 5.75 Å².